The Labute approximate surface area is 720 Å². The van der Waals surface area contributed by atoms with Gasteiger partial charge in [-0.3, -0.25) is 9.59 Å². The molecule has 0 spiro atoms. The smallest absolute Gasteiger partial charge is 0.260 e. The van der Waals surface area contributed by atoms with E-state index in [9.17, 15) is 0 Å². The maximum atomic E-state index is 16.9. The van der Waals surface area contributed by atoms with Gasteiger partial charge in [-0.05, 0) is 143 Å². The lowest BCUT2D eigenvalue weighted by molar-refractivity contribution is -0.114. The number of carbonyl (C=O) groups is 2. The summed E-state index contributed by atoms with van der Waals surface area (Å²) in [4.78, 5) is 42.9. The van der Waals surface area contributed by atoms with Crippen LogP contribution in [-0.2, 0) is 20.4 Å². The molecule has 2 amide bonds. The Morgan fingerprint density at radius 1 is 0.267 bits per heavy atom. The number of hydrogen-bond donors (Lipinski definition) is 0. The summed E-state index contributed by atoms with van der Waals surface area (Å²) in [5.41, 5.74) is 17.8. The zero-order valence-corrected chi connectivity index (χ0v) is 77.4. The van der Waals surface area contributed by atoms with Gasteiger partial charge in [0, 0.05) is 33.7 Å². The Balaban J connectivity index is 1.12. The SMILES string of the molecule is CCCCCCCCCCC(CCCCCCCC)CN1C(=O)/C(=C2\C(=O)N(CC(CCCCCCCC)CCCCCCCCCC)c3cc(-c4ccc5c(c4)C(CCCCCCCC)(CCCCCCCC)c4ccccc4-5)sc32)c2sc(-c3ccc4c(c3)C(CCCCCCCC)(CCCCCCCC)c3ccccc3-4)cc21. The van der Waals surface area contributed by atoms with E-state index in [0.717, 1.165) is 46.8 Å². The molecule has 2 aromatic heterocycles. The molecule has 6 heteroatoms. The molecular weight excluding hydrogens is 1450 g/mol. The predicted molar refractivity (Wildman–Crippen MR) is 513 cm³/mol. The molecule has 116 heavy (non-hydrogen) atoms. The van der Waals surface area contributed by atoms with Crippen LogP contribution in [0.4, 0.5) is 11.4 Å². The van der Waals surface area contributed by atoms with Crippen molar-refractivity contribution in [2.45, 2.75) is 451 Å². The maximum absolute atomic E-state index is 16.9. The van der Waals surface area contributed by atoms with Gasteiger partial charge in [0.1, 0.15) is 0 Å². The first-order chi connectivity index (χ1) is 57.1. The number of thiophene rings is 2. The van der Waals surface area contributed by atoms with Crippen LogP contribution in [0.3, 0.4) is 0 Å². The highest BCUT2D eigenvalue weighted by atomic mass is 32.1. The number of amides is 2. The van der Waals surface area contributed by atoms with Crippen molar-refractivity contribution >= 4 is 57.0 Å². The number of unbranched alkanes of at least 4 members (excludes halogenated alkanes) is 44. The van der Waals surface area contributed by atoms with E-state index in [1.54, 1.807) is 11.1 Å². The first-order valence-electron chi connectivity index (χ1n) is 50.3. The largest absolute Gasteiger partial charge is 0.307 e. The number of fused-ring (bicyclic) bond motifs is 8. The second-order valence-corrected chi connectivity index (χ2v) is 39.6. The predicted octanol–water partition coefficient (Wildman–Crippen LogP) is 36.1. The highest BCUT2D eigenvalue weighted by molar-refractivity contribution is 7.19. The van der Waals surface area contributed by atoms with E-state index >= 15 is 9.59 Å². The molecule has 4 aromatic carbocycles. The fourth-order valence-corrected chi connectivity index (χ4v) is 23.8. The standard InChI is InChI=1S/C110H166N2O2S2/c1-9-17-25-33-41-43-47-55-67-87(65-53-45-35-27-19-11-3)85-111-99-83-101(89-73-75-93-91-69-57-59-71-95(91)109(97(93)81-89,77-61-49-37-29-21-13-5)78-62-50-38-30-22-14-6)115-105(99)103(107(111)113)104-106-100(112(108(104)114)86-88(66-54-46-36-28-20-12-4)68-56-48-44-42-34-26-18-10-2)84-102(116-106)90-74-76-94-92-70-58-60-72-96(92)110(98(94)82-90,79-63-51-39-31-23-15-7)80-64-52-40-32-24-16-8/h57-60,69-76,81-84,87-88H,9-56,61-68,77-80,85-86H2,1-8H3/b104-103-. The van der Waals surface area contributed by atoms with Crippen molar-refractivity contribution in [1.29, 1.82) is 0 Å². The minimum atomic E-state index is -0.0495. The minimum Gasteiger partial charge on any atom is -0.307 e. The number of benzene rings is 4. The van der Waals surface area contributed by atoms with Crippen LogP contribution in [0.25, 0.3) is 54.3 Å². The molecule has 0 fully saturated rings. The quantitative estimate of drug-likeness (QED) is 0.0282. The number of nitrogens with zero attached hydrogens (tertiary/aromatic N) is 2. The van der Waals surface area contributed by atoms with Crippen LogP contribution in [0.5, 0.6) is 0 Å². The fraction of sp³-hybridized carbons (Fsp3) is 0.673. The van der Waals surface area contributed by atoms with Crippen LogP contribution in [0, 0.1) is 11.8 Å². The highest BCUT2D eigenvalue weighted by Crippen LogP contribution is 2.60. The van der Waals surface area contributed by atoms with Gasteiger partial charge in [-0.25, -0.2) is 0 Å². The highest BCUT2D eigenvalue weighted by Gasteiger charge is 2.48. The summed E-state index contributed by atoms with van der Waals surface area (Å²) in [6.07, 6.45) is 76.6. The summed E-state index contributed by atoms with van der Waals surface area (Å²) in [6.45, 7) is 20.1. The van der Waals surface area contributed by atoms with Crippen LogP contribution in [-0.4, -0.2) is 24.9 Å². The van der Waals surface area contributed by atoms with Crippen LogP contribution < -0.4 is 9.80 Å². The van der Waals surface area contributed by atoms with Crippen molar-refractivity contribution < 1.29 is 9.59 Å². The summed E-state index contributed by atoms with van der Waals surface area (Å²) in [5.74, 6) is 0.905. The Bertz CT molecular complexity index is 3560. The molecule has 4 heterocycles. The van der Waals surface area contributed by atoms with E-state index < -0.39 is 0 Å². The van der Waals surface area contributed by atoms with Gasteiger partial charge in [-0.2, -0.15) is 0 Å². The lowest BCUT2D eigenvalue weighted by Crippen LogP contribution is -2.34. The summed E-state index contributed by atoms with van der Waals surface area (Å²) >= 11 is 3.67. The lowest BCUT2D eigenvalue weighted by atomic mass is 9.70. The van der Waals surface area contributed by atoms with Crippen LogP contribution in [0.2, 0.25) is 0 Å². The molecule has 640 valence electrons. The number of hydrogen-bond acceptors (Lipinski definition) is 4. The molecule has 10 rings (SSSR count). The first kappa shape index (κ1) is 93.2. The molecule has 2 atom stereocenters. The second kappa shape index (κ2) is 51.7. The van der Waals surface area contributed by atoms with E-state index in [4.69, 9.17) is 0 Å². The van der Waals surface area contributed by atoms with E-state index in [0.29, 0.717) is 36.1 Å². The molecule has 0 saturated heterocycles. The monoisotopic (exact) mass is 1610 g/mol. The van der Waals surface area contributed by atoms with Gasteiger partial charge in [0.15, 0.2) is 0 Å². The van der Waals surface area contributed by atoms with E-state index in [1.165, 1.54) is 414 Å². The van der Waals surface area contributed by atoms with Crippen LogP contribution in [0.1, 0.15) is 473 Å². The first-order valence-corrected chi connectivity index (χ1v) is 51.9. The molecule has 0 radical (unpaired) electrons. The molecule has 2 aliphatic heterocycles. The number of carbonyl (C=O) groups excluding carboxylic acids is 2. The zero-order valence-electron chi connectivity index (χ0n) is 75.8. The van der Waals surface area contributed by atoms with E-state index in [2.05, 4.69) is 162 Å². The van der Waals surface area contributed by atoms with Crippen LogP contribution in [0.15, 0.2) is 97.1 Å². The molecule has 2 unspecified atom stereocenters. The number of rotatable bonds is 66. The van der Waals surface area contributed by atoms with Crippen molar-refractivity contribution in [2.75, 3.05) is 22.9 Å². The second-order valence-electron chi connectivity index (χ2n) is 37.5. The van der Waals surface area contributed by atoms with Crippen molar-refractivity contribution in [3.63, 3.8) is 0 Å². The molecule has 6 aromatic rings. The molecule has 0 bridgehead atoms. The van der Waals surface area contributed by atoms with Gasteiger partial charge in [0.2, 0.25) is 0 Å². The molecular formula is C110H166N2O2S2. The minimum absolute atomic E-state index is 0.0495. The maximum Gasteiger partial charge on any atom is 0.260 e. The molecule has 2 aliphatic carbocycles. The third-order valence-electron chi connectivity index (χ3n) is 28.3. The third kappa shape index (κ3) is 25.5. The van der Waals surface area contributed by atoms with E-state index in [-0.39, 0.29) is 22.6 Å². The fourth-order valence-electron chi connectivity index (χ4n) is 21.4. The average Bonchev–Trinajstić information content (AvgIpc) is 1.56. The van der Waals surface area contributed by atoms with Gasteiger partial charge in [0.05, 0.1) is 32.3 Å². The van der Waals surface area contributed by atoms with Gasteiger partial charge in [0.25, 0.3) is 11.8 Å². The van der Waals surface area contributed by atoms with Crippen LogP contribution >= 0.6 is 22.7 Å². The number of anilines is 2. The van der Waals surface area contributed by atoms with Gasteiger partial charge in [-0.1, -0.05) is 462 Å². The van der Waals surface area contributed by atoms with E-state index in [1.807, 2.05) is 22.7 Å². The van der Waals surface area contributed by atoms with Crippen molar-refractivity contribution in [3.05, 3.63) is 129 Å². The molecule has 0 saturated carbocycles. The summed E-state index contributed by atoms with van der Waals surface area (Å²) in [5, 5.41) is 0. The molecule has 0 N–H and O–H groups in total. The molecule has 4 nitrogen and oxygen atoms in total. The summed E-state index contributed by atoms with van der Waals surface area (Å²) < 4.78 is 0. The van der Waals surface area contributed by atoms with Gasteiger partial charge >= 0.3 is 0 Å². The Hall–Kier alpha value is -5.04. The average molecular weight is 1610 g/mol. The van der Waals surface area contributed by atoms with Crippen molar-refractivity contribution in [3.8, 4) is 43.1 Å². The topological polar surface area (TPSA) is 40.6 Å². The molecule has 4 aliphatic rings. The lowest BCUT2D eigenvalue weighted by Gasteiger charge is -2.33. The third-order valence-corrected chi connectivity index (χ3v) is 30.7. The normalized spacial score (nSPS) is 15.4. The summed E-state index contributed by atoms with van der Waals surface area (Å²) in [6, 6.07) is 39.2. The van der Waals surface area contributed by atoms with Crippen molar-refractivity contribution in [1.82, 2.24) is 0 Å². The Morgan fingerprint density at radius 3 is 0.784 bits per heavy atom. The zero-order chi connectivity index (χ0) is 81.4. The summed E-state index contributed by atoms with van der Waals surface area (Å²) in [7, 11) is 0. The Morgan fingerprint density at radius 2 is 0.509 bits per heavy atom. The Kier molecular flexibility index (Phi) is 41.5. The van der Waals surface area contributed by atoms with Gasteiger partial charge in [-0.15, -0.1) is 22.7 Å². The van der Waals surface area contributed by atoms with Gasteiger partial charge < -0.3 is 9.80 Å². The van der Waals surface area contributed by atoms with Crippen molar-refractivity contribution in [2.24, 2.45) is 11.8 Å².